The van der Waals surface area contributed by atoms with Crippen molar-refractivity contribution in [3.8, 4) is 0 Å². The van der Waals surface area contributed by atoms with Crippen molar-refractivity contribution < 1.29 is 24.0 Å². The van der Waals surface area contributed by atoms with Gasteiger partial charge in [-0.1, -0.05) is 11.8 Å². The summed E-state index contributed by atoms with van der Waals surface area (Å²) < 4.78 is 19.9. The van der Waals surface area contributed by atoms with Crippen LogP contribution in [-0.2, 0) is 19.3 Å². The summed E-state index contributed by atoms with van der Waals surface area (Å²) in [6.45, 7) is 1.54. The molecular weight excluding hydrogens is 360 g/mol. The highest BCUT2D eigenvalue weighted by molar-refractivity contribution is 8.23. The SMILES string of the molecule is C[C@@H](O)[C@H]1C(=O)N2C(C(=O)O)=C(S[C@H]3CC[S@](=N)(=O)CC3)S[C@H]12. The lowest BCUT2D eigenvalue weighted by molar-refractivity contribution is -0.156. The number of amides is 1. The minimum absolute atomic E-state index is 0.00378. The van der Waals surface area contributed by atoms with Gasteiger partial charge in [0.25, 0.3) is 0 Å². The fraction of sp³-hybridized carbons (Fsp3) is 0.692. The number of carboxylic acids is 1. The number of carboxylic acid groups (broad SMARTS) is 1. The lowest BCUT2D eigenvalue weighted by Crippen LogP contribution is -2.60. The van der Waals surface area contributed by atoms with E-state index in [1.54, 1.807) is 0 Å². The molecule has 3 aliphatic rings. The van der Waals surface area contributed by atoms with Gasteiger partial charge in [-0.05, 0) is 19.8 Å². The summed E-state index contributed by atoms with van der Waals surface area (Å²) in [5.74, 6) is -1.37. The minimum Gasteiger partial charge on any atom is -0.477 e. The third-order valence-corrected chi connectivity index (χ3v) is 9.01. The lowest BCUT2D eigenvalue weighted by Gasteiger charge is -2.43. The zero-order chi connectivity index (χ0) is 16.9. The molecule has 3 atom stereocenters. The van der Waals surface area contributed by atoms with Crippen molar-refractivity contribution in [3.05, 3.63) is 9.93 Å². The molecular formula is C13H18N2O5S3. The molecule has 0 unspecified atom stereocenters. The van der Waals surface area contributed by atoms with Gasteiger partial charge in [0.15, 0.2) is 5.70 Å². The molecule has 7 nitrogen and oxygen atoms in total. The van der Waals surface area contributed by atoms with E-state index in [0.29, 0.717) is 28.6 Å². The smallest absolute Gasteiger partial charge is 0.354 e. The van der Waals surface area contributed by atoms with E-state index >= 15 is 0 Å². The van der Waals surface area contributed by atoms with Gasteiger partial charge >= 0.3 is 5.97 Å². The first kappa shape index (κ1) is 17.1. The molecule has 0 bridgehead atoms. The number of aliphatic hydroxyl groups excluding tert-OH is 1. The topological polar surface area (TPSA) is 119 Å². The highest BCUT2D eigenvalue weighted by Crippen LogP contribution is 2.55. The van der Waals surface area contributed by atoms with Gasteiger partial charge in [0, 0.05) is 26.5 Å². The molecule has 0 aromatic carbocycles. The molecule has 3 heterocycles. The van der Waals surface area contributed by atoms with Crippen molar-refractivity contribution in [1.29, 1.82) is 4.78 Å². The third-order valence-electron chi connectivity index (χ3n) is 4.28. The minimum atomic E-state index is -2.47. The van der Waals surface area contributed by atoms with Gasteiger partial charge in [-0.2, -0.15) is 0 Å². The number of aliphatic hydroxyl groups is 1. The van der Waals surface area contributed by atoms with Gasteiger partial charge in [-0.15, -0.1) is 11.8 Å². The van der Waals surface area contributed by atoms with E-state index in [9.17, 15) is 24.0 Å². The Morgan fingerprint density at radius 1 is 1.48 bits per heavy atom. The normalized spacial score (nSPS) is 38.3. The summed E-state index contributed by atoms with van der Waals surface area (Å²) in [5.41, 5.74) is 0.00378. The Morgan fingerprint density at radius 2 is 2.09 bits per heavy atom. The molecule has 0 aromatic heterocycles. The first-order valence-corrected chi connectivity index (χ1v) is 10.9. The predicted molar refractivity (Wildman–Crippen MR) is 89.3 cm³/mol. The number of nitrogens with one attached hydrogen (secondary N) is 1. The Morgan fingerprint density at radius 3 is 2.61 bits per heavy atom. The molecule has 0 aromatic rings. The third kappa shape index (κ3) is 3.01. The summed E-state index contributed by atoms with van der Waals surface area (Å²) >= 11 is 2.73. The van der Waals surface area contributed by atoms with Crippen LogP contribution in [0, 0.1) is 10.7 Å². The van der Waals surface area contributed by atoms with Crippen LogP contribution in [-0.4, -0.2) is 59.4 Å². The molecule has 1 amide bonds. The average molecular weight is 378 g/mol. The Labute approximate surface area is 142 Å². The van der Waals surface area contributed by atoms with E-state index in [1.807, 2.05) is 0 Å². The fourth-order valence-electron chi connectivity index (χ4n) is 2.99. The molecule has 10 heteroatoms. The maximum absolute atomic E-state index is 12.1. The number of rotatable bonds is 4. The second-order valence-electron chi connectivity index (χ2n) is 5.96. The summed E-state index contributed by atoms with van der Waals surface area (Å²) in [5, 5.41) is 18.9. The summed E-state index contributed by atoms with van der Waals surface area (Å²) in [7, 11) is -2.47. The van der Waals surface area contributed by atoms with E-state index < -0.39 is 27.7 Å². The number of thioether (sulfide) groups is 2. The lowest BCUT2D eigenvalue weighted by atomic mass is 9.92. The van der Waals surface area contributed by atoms with Crippen LogP contribution in [0.2, 0.25) is 0 Å². The van der Waals surface area contributed by atoms with Crippen LogP contribution in [0.1, 0.15) is 19.8 Å². The second-order valence-corrected chi connectivity index (χ2v) is 11.1. The number of carbonyl (C=O) groups excluding carboxylic acids is 1. The molecule has 3 aliphatic heterocycles. The van der Waals surface area contributed by atoms with Crippen LogP contribution >= 0.6 is 23.5 Å². The number of carbonyl (C=O) groups is 2. The molecule has 128 valence electrons. The predicted octanol–water partition coefficient (Wildman–Crippen LogP) is 1.09. The van der Waals surface area contributed by atoms with Crippen LogP contribution in [0.15, 0.2) is 9.93 Å². The van der Waals surface area contributed by atoms with Gasteiger partial charge in [0.05, 0.1) is 16.3 Å². The zero-order valence-electron chi connectivity index (χ0n) is 12.4. The van der Waals surface area contributed by atoms with Gasteiger partial charge in [0.2, 0.25) is 5.91 Å². The molecule has 0 aliphatic carbocycles. The van der Waals surface area contributed by atoms with Crippen molar-refractivity contribution >= 4 is 45.1 Å². The molecule has 23 heavy (non-hydrogen) atoms. The zero-order valence-corrected chi connectivity index (χ0v) is 14.9. The van der Waals surface area contributed by atoms with E-state index in [0.717, 1.165) is 0 Å². The number of nitrogens with zero attached hydrogens (tertiary/aromatic N) is 1. The Hall–Kier alpha value is -0.710. The first-order valence-electron chi connectivity index (χ1n) is 7.27. The van der Waals surface area contributed by atoms with Crippen LogP contribution in [0.3, 0.4) is 0 Å². The van der Waals surface area contributed by atoms with Gasteiger partial charge in [-0.25, -0.2) is 9.00 Å². The standard InChI is InChI=1S/C13H18N2O5S3/c1-6(16)8-10(17)15-9(12(18)19)13(22-11(8)15)21-7-2-4-23(14,20)5-3-7/h6-8,11,14,16H,2-5H2,1H3,(H,18,19)/t6-,7-,8+,11-,23-/m1/s1. The van der Waals surface area contributed by atoms with E-state index in [1.165, 1.54) is 35.3 Å². The molecule has 3 N–H and O–H groups in total. The molecule has 0 spiro atoms. The monoisotopic (exact) mass is 378 g/mol. The molecule has 0 radical (unpaired) electrons. The average Bonchev–Trinajstić information content (AvgIpc) is 2.75. The van der Waals surface area contributed by atoms with Gasteiger partial charge < -0.3 is 10.2 Å². The molecule has 3 rings (SSSR count). The van der Waals surface area contributed by atoms with E-state index in [4.69, 9.17) is 4.78 Å². The number of aliphatic carboxylic acids is 1. The number of hydrogen-bond donors (Lipinski definition) is 3. The highest BCUT2D eigenvalue weighted by Gasteiger charge is 2.57. The fourth-order valence-corrected chi connectivity index (χ4v) is 8.14. The van der Waals surface area contributed by atoms with E-state index in [2.05, 4.69) is 0 Å². The van der Waals surface area contributed by atoms with Crippen molar-refractivity contribution in [2.45, 2.75) is 36.5 Å². The van der Waals surface area contributed by atoms with Crippen molar-refractivity contribution in [2.24, 2.45) is 5.92 Å². The van der Waals surface area contributed by atoms with Crippen LogP contribution in [0.5, 0.6) is 0 Å². The summed E-state index contributed by atoms with van der Waals surface area (Å²) in [4.78, 5) is 24.9. The van der Waals surface area contributed by atoms with E-state index in [-0.39, 0.29) is 22.2 Å². The highest BCUT2D eigenvalue weighted by atomic mass is 32.2. The van der Waals surface area contributed by atoms with Crippen LogP contribution in [0.4, 0.5) is 0 Å². The molecule has 2 fully saturated rings. The first-order chi connectivity index (χ1) is 10.7. The van der Waals surface area contributed by atoms with Crippen molar-refractivity contribution in [1.82, 2.24) is 4.90 Å². The van der Waals surface area contributed by atoms with Crippen LogP contribution < -0.4 is 0 Å². The quantitative estimate of drug-likeness (QED) is 0.627. The number of hydrogen-bond acceptors (Lipinski definition) is 7. The Balaban J connectivity index is 1.76. The van der Waals surface area contributed by atoms with Gasteiger partial charge in [0.1, 0.15) is 5.37 Å². The molecule has 0 saturated carbocycles. The van der Waals surface area contributed by atoms with Gasteiger partial charge in [-0.3, -0.25) is 14.5 Å². The van der Waals surface area contributed by atoms with Crippen molar-refractivity contribution in [3.63, 3.8) is 0 Å². The maximum atomic E-state index is 12.1. The Bertz CT molecular complexity index is 674. The summed E-state index contributed by atoms with van der Waals surface area (Å²) in [6, 6.07) is 0. The number of fused-ring (bicyclic) bond motifs is 1. The Kier molecular flexibility index (Phi) is 4.45. The van der Waals surface area contributed by atoms with Crippen molar-refractivity contribution in [2.75, 3.05) is 11.5 Å². The second kappa shape index (κ2) is 5.98. The largest absolute Gasteiger partial charge is 0.477 e. The summed E-state index contributed by atoms with van der Waals surface area (Å²) in [6.07, 6.45) is 0.420. The maximum Gasteiger partial charge on any atom is 0.354 e. The number of β-lactam (4-membered cyclic amide) rings is 1. The van der Waals surface area contributed by atoms with Crippen LogP contribution in [0.25, 0.3) is 0 Å². The molecule has 2 saturated heterocycles.